The van der Waals surface area contributed by atoms with E-state index in [1.165, 1.54) is 0 Å². The molecule has 102 valence electrons. The maximum atomic E-state index is 5.94. The van der Waals surface area contributed by atoms with Crippen LogP contribution in [0.25, 0.3) is 5.70 Å². The Morgan fingerprint density at radius 3 is 2.60 bits per heavy atom. The Bertz CT molecular complexity index is 715. The van der Waals surface area contributed by atoms with Gasteiger partial charge in [0, 0.05) is 16.3 Å². The van der Waals surface area contributed by atoms with E-state index < -0.39 is 0 Å². The van der Waals surface area contributed by atoms with Gasteiger partial charge in [-0.05, 0) is 31.5 Å². The van der Waals surface area contributed by atoms with Gasteiger partial charge in [-0.3, -0.25) is 4.57 Å². The van der Waals surface area contributed by atoms with Gasteiger partial charge in [-0.25, -0.2) is 0 Å². The van der Waals surface area contributed by atoms with E-state index in [-0.39, 0.29) is 0 Å². The molecule has 4 nitrogen and oxygen atoms in total. The van der Waals surface area contributed by atoms with Crippen LogP contribution in [0.4, 0.5) is 0 Å². The lowest BCUT2D eigenvalue weighted by molar-refractivity contribution is 0.802. The van der Waals surface area contributed by atoms with E-state index in [0.717, 1.165) is 38.5 Å². The number of thiocarbonyl (C=S) groups is 1. The Morgan fingerprint density at radius 1 is 1.20 bits per heavy atom. The van der Waals surface area contributed by atoms with Crippen LogP contribution in [0.3, 0.4) is 0 Å². The predicted molar refractivity (Wildman–Crippen MR) is 83.6 cm³/mol. The Kier molecular flexibility index (Phi) is 3.31. The van der Waals surface area contributed by atoms with E-state index in [4.69, 9.17) is 23.8 Å². The molecule has 20 heavy (non-hydrogen) atoms. The van der Waals surface area contributed by atoms with E-state index in [2.05, 4.69) is 15.5 Å². The first-order valence-electron chi connectivity index (χ1n) is 6.24. The summed E-state index contributed by atoms with van der Waals surface area (Å²) in [5, 5.41) is 12.3. The van der Waals surface area contributed by atoms with Gasteiger partial charge >= 0.3 is 0 Å². The molecule has 0 atom stereocenters. The average molecular weight is 305 g/mol. The summed E-state index contributed by atoms with van der Waals surface area (Å²) in [5.41, 5.74) is 3.08. The fraction of sp³-hybridized carbons (Fsp3) is 0.214. The molecule has 1 aliphatic rings. The van der Waals surface area contributed by atoms with E-state index in [1.54, 1.807) is 0 Å². The van der Waals surface area contributed by atoms with Crippen molar-refractivity contribution in [3.05, 3.63) is 52.1 Å². The minimum Gasteiger partial charge on any atom is -0.377 e. The van der Waals surface area contributed by atoms with Crippen molar-refractivity contribution in [1.29, 1.82) is 0 Å². The van der Waals surface area contributed by atoms with Gasteiger partial charge in [0.15, 0.2) is 5.82 Å². The van der Waals surface area contributed by atoms with Crippen LogP contribution < -0.4 is 5.32 Å². The third-order valence-electron chi connectivity index (χ3n) is 3.35. The number of fused-ring (bicyclic) bond motifs is 1. The number of aromatic nitrogens is 3. The van der Waals surface area contributed by atoms with Crippen molar-refractivity contribution in [2.75, 3.05) is 0 Å². The molecule has 0 amide bonds. The zero-order chi connectivity index (χ0) is 14.3. The second-order valence-corrected chi connectivity index (χ2v) is 5.49. The Labute approximate surface area is 127 Å². The molecule has 1 aromatic heterocycles. The van der Waals surface area contributed by atoms with Gasteiger partial charge in [-0.1, -0.05) is 36.0 Å². The number of halogens is 1. The van der Waals surface area contributed by atoms with Crippen molar-refractivity contribution in [2.24, 2.45) is 0 Å². The largest absolute Gasteiger partial charge is 0.377 e. The van der Waals surface area contributed by atoms with Crippen LogP contribution in [0.1, 0.15) is 24.1 Å². The van der Waals surface area contributed by atoms with Gasteiger partial charge in [-0.2, -0.15) is 0 Å². The first-order chi connectivity index (χ1) is 9.58. The Morgan fingerprint density at radius 2 is 1.90 bits per heavy atom. The molecule has 0 unspecified atom stereocenters. The minimum absolute atomic E-state index is 0.594. The molecule has 0 saturated heterocycles. The fourth-order valence-electron chi connectivity index (χ4n) is 2.29. The quantitative estimate of drug-likeness (QED) is 0.823. The van der Waals surface area contributed by atoms with Crippen molar-refractivity contribution in [1.82, 2.24) is 20.1 Å². The number of aryl methyl sites for hydroxylation is 1. The van der Waals surface area contributed by atoms with Crippen molar-refractivity contribution < 1.29 is 0 Å². The average Bonchev–Trinajstić information content (AvgIpc) is 2.75. The smallest absolute Gasteiger partial charge is 0.157 e. The van der Waals surface area contributed by atoms with Crippen LogP contribution in [0, 0.1) is 6.92 Å². The highest BCUT2D eigenvalue weighted by Crippen LogP contribution is 2.23. The molecular weight excluding hydrogens is 292 g/mol. The molecule has 0 spiro atoms. The highest BCUT2D eigenvalue weighted by Gasteiger charge is 2.21. The molecule has 1 aromatic carbocycles. The first-order valence-corrected chi connectivity index (χ1v) is 7.03. The van der Waals surface area contributed by atoms with E-state index in [9.17, 15) is 0 Å². The summed E-state index contributed by atoms with van der Waals surface area (Å²) < 4.78 is 1.92. The highest BCUT2D eigenvalue weighted by molar-refractivity contribution is 7.80. The Balaban J connectivity index is 2.09. The summed E-state index contributed by atoms with van der Waals surface area (Å²) in [4.78, 5) is 0.734. The molecule has 6 heteroatoms. The summed E-state index contributed by atoms with van der Waals surface area (Å²) in [6.45, 7) is 4.51. The number of hydrogen-bond acceptors (Lipinski definition) is 4. The second kappa shape index (κ2) is 5.00. The van der Waals surface area contributed by atoms with Gasteiger partial charge < -0.3 is 5.32 Å². The van der Waals surface area contributed by atoms with E-state index in [0.29, 0.717) is 6.54 Å². The van der Waals surface area contributed by atoms with E-state index in [1.807, 2.05) is 42.7 Å². The topological polar surface area (TPSA) is 42.7 Å². The maximum absolute atomic E-state index is 5.94. The molecule has 0 fully saturated rings. The summed E-state index contributed by atoms with van der Waals surface area (Å²) in [5.74, 6) is 1.64. The lowest BCUT2D eigenvalue weighted by Crippen LogP contribution is -2.14. The SMILES string of the molecule is CC1=C(c2ccc(Cl)cc2)NCc2nnc(C)n2C1=S. The number of allylic oxidation sites excluding steroid dienone is 1. The zero-order valence-electron chi connectivity index (χ0n) is 11.1. The fourth-order valence-corrected chi connectivity index (χ4v) is 2.76. The van der Waals surface area contributed by atoms with Crippen LogP contribution in [0.15, 0.2) is 29.8 Å². The minimum atomic E-state index is 0.594. The van der Waals surface area contributed by atoms with Gasteiger partial charge in [-0.15, -0.1) is 10.2 Å². The van der Waals surface area contributed by atoms with Gasteiger partial charge in [0.05, 0.1) is 6.54 Å². The molecule has 0 radical (unpaired) electrons. The van der Waals surface area contributed by atoms with Gasteiger partial charge in [0.25, 0.3) is 0 Å². The van der Waals surface area contributed by atoms with Crippen molar-refractivity contribution >= 4 is 34.5 Å². The van der Waals surface area contributed by atoms with Gasteiger partial charge in [0.2, 0.25) is 0 Å². The number of hydrogen-bond donors (Lipinski definition) is 1. The maximum Gasteiger partial charge on any atom is 0.157 e. The van der Waals surface area contributed by atoms with Crippen molar-refractivity contribution in [2.45, 2.75) is 20.4 Å². The van der Waals surface area contributed by atoms with Crippen LogP contribution in [-0.4, -0.2) is 19.8 Å². The Hall–Kier alpha value is -1.72. The van der Waals surface area contributed by atoms with Crippen molar-refractivity contribution in [3.63, 3.8) is 0 Å². The van der Waals surface area contributed by atoms with Crippen molar-refractivity contribution in [3.8, 4) is 0 Å². The third-order valence-corrected chi connectivity index (χ3v) is 4.09. The number of nitrogens with zero attached hydrogens (tertiary/aromatic N) is 3. The third kappa shape index (κ3) is 2.13. The molecule has 1 N–H and O–H groups in total. The summed E-state index contributed by atoms with van der Waals surface area (Å²) in [6, 6.07) is 7.71. The molecule has 2 aromatic rings. The summed E-state index contributed by atoms with van der Waals surface area (Å²) in [6.07, 6.45) is 0. The molecule has 0 bridgehead atoms. The van der Waals surface area contributed by atoms with Gasteiger partial charge in [0.1, 0.15) is 10.8 Å². The molecule has 2 heterocycles. The summed E-state index contributed by atoms with van der Waals surface area (Å²) in [7, 11) is 0. The monoisotopic (exact) mass is 304 g/mol. The lowest BCUT2D eigenvalue weighted by atomic mass is 10.1. The first kappa shape index (κ1) is 13.3. The standard InChI is InChI=1S/C14H13ClN4S/c1-8-13(10-3-5-11(15)6-4-10)16-7-12-18-17-9(2)19(12)14(8)20/h3-6,16H,7H2,1-2H3. The lowest BCUT2D eigenvalue weighted by Gasteiger charge is -2.12. The predicted octanol–water partition coefficient (Wildman–Crippen LogP) is 2.95. The highest BCUT2D eigenvalue weighted by atomic mass is 35.5. The number of nitrogens with one attached hydrogen (secondary N) is 1. The molecule has 3 rings (SSSR count). The normalized spacial score (nSPS) is 14.8. The molecule has 0 aliphatic carbocycles. The van der Waals surface area contributed by atoms with Crippen LogP contribution >= 0.6 is 23.8 Å². The number of benzene rings is 1. The zero-order valence-corrected chi connectivity index (χ0v) is 12.7. The number of rotatable bonds is 1. The van der Waals surface area contributed by atoms with E-state index >= 15 is 0 Å². The van der Waals surface area contributed by atoms with Crippen LogP contribution in [-0.2, 0) is 6.54 Å². The molecular formula is C14H13ClN4S. The second-order valence-electron chi connectivity index (χ2n) is 4.66. The van der Waals surface area contributed by atoms with Crippen LogP contribution in [0.2, 0.25) is 5.02 Å². The van der Waals surface area contributed by atoms with Crippen LogP contribution in [0.5, 0.6) is 0 Å². The molecule has 1 aliphatic heterocycles. The molecule has 0 saturated carbocycles. The summed E-state index contributed by atoms with van der Waals surface area (Å²) >= 11 is 11.5.